The maximum absolute atomic E-state index is 6.83. The molecule has 6 heteroatoms. The van der Waals surface area contributed by atoms with Crippen molar-refractivity contribution < 1.29 is 8.83 Å². The van der Waals surface area contributed by atoms with Gasteiger partial charge in [0.25, 0.3) is 0 Å². The third-order valence-electron chi connectivity index (χ3n) is 17.8. The summed E-state index contributed by atoms with van der Waals surface area (Å²) < 4.78 is 18.3. The van der Waals surface area contributed by atoms with Gasteiger partial charge < -0.3 is 27.8 Å². The van der Waals surface area contributed by atoms with Crippen LogP contribution in [0.15, 0.2) is 325 Å². The summed E-state index contributed by atoms with van der Waals surface area (Å²) in [5.74, 6) is 0.823. The van der Waals surface area contributed by atoms with Crippen molar-refractivity contribution in [3.05, 3.63) is 327 Å². The zero-order chi connectivity index (χ0) is 60.4. The first-order valence-electron chi connectivity index (χ1n) is 30.6. The van der Waals surface area contributed by atoms with Crippen LogP contribution >= 0.6 is 0 Å². The summed E-state index contributed by atoms with van der Waals surface area (Å²) in [4.78, 5) is 4.56. The number of anilines is 5. The quantitative estimate of drug-likeness (QED) is 0.102. The second kappa shape index (κ2) is 22.1. The van der Waals surface area contributed by atoms with Crippen molar-refractivity contribution in [3.63, 3.8) is 0 Å². The smallest absolute Gasteiger partial charge is 0.137 e. The molecule has 428 valence electrons. The number of nitrogens with zero attached hydrogens (tertiary/aromatic N) is 4. The van der Waals surface area contributed by atoms with Crippen LogP contribution < -0.4 is 9.80 Å². The number of hydrogen-bond donors (Lipinski definition) is 0. The third-order valence-corrected chi connectivity index (χ3v) is 17.8. The predicted molar refractivity (Wildman–Crippen MR) is 380 cm³/mol. The highest BCUT2D eigenvalue weighted by Crippen LogP contribution is 2.47. The van der Waals surface area contributed by atoms with E-state index in [0.717, 1.165) is 123 Å². The van der Waals surface area contributed by atoms with Crippen LogP contribution in [-0.2, 0) is 0 Å². The lowest BCUT2D eigenvalue weighted by Gasteiger charge is -2.26. The molecule has 0 radical (unpaired) electrons. The molecule has 16 aromatic rings. The van der Waals surface area contributed by atoms with Gasteiger partial charge >= 0.3 is 0 Å². The normalized spacial score (nSPS) is 12.0. The van der Waals surface area contributed by atoms with E-state index in [1.54, 1.807) is 0 Å². The summed E-state index contributed by atoms with van der Waals surface area (Å²) in [6.07, 6.45) is 9.96. The zero-order valence-corrected chi connectivity index (χ0v) is 49.9. The Hall–Kier alpha value is -11.9. The molecular formula is C84H60N4O2. The van der Waals surface area contributed by atoms with E-state index in [1.807, 2.05) is 18.2 Å². The van der Waals surface area contributed by atoms with Crippen molar-refractivity contribution >= 4 is 111 Å². The van der Waals surface area contributed by atoms with Crippen molar-refractivity contribution in [2.75, 3.05) is 9.80 Å². The molecule has 90 heavy (non-hydrogen) atoms. The first-order chi connectivity index (χ1) is 44.4. The van der Waals surface area contributed by atoms with Crippen LogP contribution in [0.5, 0.6) is 0 Å². The van der Waals surface area contributed by atoms with E-state index >= 15 is 0 Å². The monoisotopic (exact) mass is 1160 g/mol. The summed E-state index contributed by atoms with van der Waals surface area (Å²) in [5.41, 5.74) is 23.1. The molecule has 12 aromatic carbocycles. The number of aromatic nitrogens is 2. The Bertz CT molecular complexity index is 5530. The minimum absolute atomic E-state index is 0.774. The van der Waals surface area contributed by atoms with E-state index in [-0.39, 0.29) is 0 Å². The van der Waals surface area contributed by atoms with Crippen LogP contribution in [-0.4, -0.2) is 9.13 Å². The molecule has 6 nitrogen and oxygen atoms in total. The number of benzene rings is 12. The molecule has 0 saturated heterocycles. The van der Waals surface area contributed by atoms with Crippen LogP contribution in [0.2, 0.25) is 0 Å². The van der Waals surface area contributed by atoms with E-state index in [9.17, 15) is 0 Å². The van der Waals surface area contributed by atoms with Crippen molar-refractivity contribution in [1.29, 1.82) is 0 Å². The lowest BCUT2D eigenvalue weighted by atomic mass is 9.93. The van der Waals surface area contributed by atoms with Gasteiger partial charge in [-0.2, -0.15) is 0 Å². The Morgan fingerprint density at radius 3 is 1.48 bits per heavy atom. The molecule has 0 N–H and O–H groups in total. The number of furan rings is 2. The van der Waals surface area contributed by atoms with Gasteiger partial charge in [0.2, 0.25) is 0 Å². The largest absolute Gasteiger partial charge is 0.461 e. The number of aryl methyl sites for hydroxylation is 1. The van der Waals surface area contributed by atoms with Gasteiger partial charge in [-0.25, -0.2) is 0 Å². The maximum atomic E-state index is 6.83. The van der Waals surface area contributed by atoms with Crippen molar-refractivity contribution in [2.24, 2.45) is 0 Å². The number of rotatable bonds is 14. The highest BCUT2D eigenvalue weighted by molar-refractivity contribution is 6.15. The Labute approximate surface area is 521 Å². The third kappa shape index (κ3) is 8.95. The van der Waals surface area contributed by atoms with Gasteiger partial charge in [-0.1, -0.05) is 165 Å². The van der Waals surface area contributed by atoms with Crippen LogP contribution in [0, 0.1) is 6.92 Å². The van der Waals surface area contributed by atoms with Crippen LogP contribution in [0.3, 0.4) is 0 Å². The van der Waals surface area contributed by atoms with Crippen molar-refractivity contribution in [3.8, 4) is 44.8 Å². The number of fused-ring (bicyclic) bond motifs is 10. The lowest BCUT2D eigenvalue weighted by Crippen LogP contribution is -2.15. The van der Waals surface area contributed by atoms with Gasteiger partial charge in [-0.05, 0) is 187 Å². The van der Waals surface area contributed by atoms with Gasteiger partial charge in [0, 0.05) is 101 Å². The number of hydrogen-bond acceptors (Lipinski definition) is 4. The molecule has 0 aliphatic carbocycles. The first-order valence-corrected chi connectivity index (χ1v) is 30.6. The average Bonchev–Trinajstić information content (AvgIpc) is 1.68. The Balaban J connectivity index is 0.725. The van der Waals surface area contributed by atoms with E-state index < -0.39 is 0 Å². The first kappa shape index (κ1) is 53.6. The highest BCUT2D eigenvalue weighted by atomic mass is 16.3. The molecule has 0 amide bonds. The molecule has 16 rings (SSSR count). The van der Waals surface area contributed by atoms with Gasteiger partial charge in [0.05, 0.1) is 22.1 Å². The number of para-hydroxylation sites is 5. The molecule has 4 aromatic heterocycles. The second-order valence-electron chi connectivity index (χ2n) is 22.8. The fourth-order valence-corrected chi connectivity index (χ4v) is 13.7. The topological polar surface area (TPSA) is 42.6 Å². The van der Waals surface area contributed by atoms with E-state index in [0.29, 0.717) is 0 Å². The minimum atomic E-state index is 0.774. The average molecular weight is 1160 g/mol. The van der Waals surface area contributed by atoms with E-state index in [4.69, 9.17) is 8.83 Å². The summed E-state index contributed by atoms with van der Waals surface area (Å²) in [5, 5.41) is 7.93. The summed E-state index contributed by atoms with van der Waals surface area (Å²) >= 11 is 0. The molecule has 0 aliphatic heterocycles. The van der Waals surface area contributed by atoms with E-state index in [1.165, 1.54) is 43.6 Å². The van der Waals surface area contributed by atoms with Gasteiger partial charge in [-0.3, -0.25) is 0 Å². The highest BCUT2D eigenvalue weighted by Gasteiger charge is 2.24. The van der Waals surface area contributed by atoms with Gasteiger partial charge in [0.15, 0.2) is 0 Å². The summed E-state index contributed by atoms with van der Waals surface area (Å²) in [6, 6.07) is 97.8. The van der Waals surface area contributed by atoms with E-state index in [2.05, 4.69) is 331 Å². The molecule has 4 heterocycles. The molecule has 0 bridgehead atoms. The Kier molecular flexibility index (Phi) is 13.2. The Morgan fingerprint density at radius 2 is 0.889 bits per heavy atom. The van der Waals surface area contributed by atoms with Gasteiger partial charge in [-0.15, -0.1) is 0 Å². The Morgan fingerprint density at radius 1 is 0.400 bits per heavy atom. The van der Waals surface area contributed by atoms with Crippen LogP contribution in [0.1, 0.15) is 18.2 Å². The van der Waals surface area contributed by atoms with Crippen LogP contribution in [0.4, 0.5) is 28.4 Å². The molecule has 0 fully saturated rings. The maximum Gasteiger partial charge on any atom is 0.137 e. The summed E-state index contributed by atoms with van der Waals surface area (Å²) in [7, 11) is 0. The fraction of sp³-hybridized carbons (Fsp3) is 0.0238. The predicted octanol–water partition coefficient (Wildman–Crippen LogP) is 23.7. The summed E-state index contributed by atoms with van der Waals surface area (Å²) in [6.45, 7) is 12.5. The van der Waals surface area contributed by atoms with Crippen LogP contribution in [0.25, 0.3) is 127 Å². The molecule has 0 aliphatic rings. The second-order valence-corrected chi connectivity index (χ2v) is 22.8. The standard InChI is InChI=1S/C84H60N4O2/c1-5-8-22-60(6-2)85(64-39-33-56(34-40-64)58-37-48-78-74(51-58)69-29-18-20-31-76(69)87(78)62-25-14-10-15-26-62)66-44-46-73-82(54-66)90-80-50-47-71(68(7-3)84(73)80)83-55(4)89-81-53-67(43-45-72(81)83)86(61-23-12-9-13-24-61)65-41-35-57(36-42-65)59-38-49-79-75(52-59)70-30-19-21-32-77(70)88(79)63-27-16-11-17-28-63/h5-54H,1,3H2,2,4H3/b22-8-,60-6+. The number of allylic oxidation sites excluding steroid dienone is 4. The fourth-order valence-electron chi connectivity index (χ4n) is 13.7. The molecule has 0 atom stereocenters. The SMILES string of the molecule is C=C/C=C\C(=C/C)N(c1ccc(-c2ccc3c(c2)c2ccccc2n3-c2ccccc2)cc1)c1ccc2c(c1)oc1ccc(-c3c(C)oc4cc(N(c5ccccc5)c5ccc(-c6ccc7c(c6)c6ccccc6n7-c6ccccc6)cc5)ccc34)c(C=C)c12. The molecule has 0 unspecified atom stereocenters. The lowest BCUT2D eigenvalue weighted by molar-refractivity contribution is 0.580. The molecule has 0 spiro atoms. The molecule has 0 saturated carbocycles. The van der Waals surface area contributed by atoms with Crippen molar-refractivity contribution in [1.82, 2.24) is 9.13 Å². The zero-order valence-electron chi connectivity index (χ0n) is 49.9. The van der Waals surface area contributed by atoms with Gasteiger partial charge in [0.1, 0.15) is 22.5 Å². The van der Waals surface area contributed by atoms with Crippen molar-refractivity contribution in [2.45, 2.75) is 13.8 Å². The minimum Gasteiger partial charge on any atom is -0.461 e. The molecular weight excluding hydrogens is 1100 g/mol.